The number of likely N-dealkylation sites (tertiary alicyclic amines) is 1. The number of nitrogens with one attached hydrogen (secondary N) is 4. The Morgan fingerprint density at radius 1 is 1.02 bits per heavy atom. The minimum Gasteiger partial charge on any atom is -0.497 e. The Hall–Kier alpha value is -4.16. The van der Waals surface area contributed by atoms with Crippen LogP contribution in [0.25, 0.3) is 0 Å². The second-order valence-corrected chi connectivity index (χ2v) is 16.4. The van der Waals surface area contributed by atoms with E-state index >= 15 is 0 Å². The fourth-order valence-electron chi connectivity index (χ4n) is 8.06. The van der Waals surface area contributed by atoms with Gasteiger partial charge in [0.25, 0.3) is 5.91 Å². The van der Waals surface area contributed by atoms with Crippen LogP contribution in [0.2, 0.25) is 0 Å². The van der Waals surface area contributed by atoms with E-state index in [1.807, 2.05) is 45.0 Å². The van der Waals surface area contributed by atoms with Crippen molar-refractivity contribution in [3.63, 3.8) is 0 Å². The van der Waals surface area contributed by atoms with Crippen LogP contribution in [0.15, 0.2) is 24.3 Å². The first-order valence-electron chi connectivity index (χ1n) is 17.9. The smallest absolute Gasteiger partial charge is 0.316 e. The maximum absolute atomic E-state index is 14.4. The normalized spacial score (nSPS) is 24.5. The lowest BCUT2D eigenvalue weighted by molar-refractivity contribution is -0.145. The zero-order valence-electron chi connectivity index (χ0n) is 30.2. The number of urea groups is 1. The van der Waals surface area contributed by atoms with Crippen molar-refractivity contribution in [2.45, 2.75) is 116 Å². The molecule has 13 nitrogen and oxygen atoms in total. The van der Waals surface area contributed by atoms with E-state index in [9.17, 15) is 28.8 Å². The standard InChI is InChI=1S/C37H54N6O7/c1-35(2,3)29(41-34(49)42-37(15-8-7-9-16-37)33(48)39-19-22-11-10-12-23(17-22)50-6)32(47)43-20-24-26(36(24,4)5)27(43)31(46)40-25(18-21-13-14-21)28(44)30(38)45/h10-12,17,21,24-27,29H,7-9,13-16,18-20H2,1-6H3,(H2,38,45)(H,39,48)(H,40,46)(H2,41,42,49)/t24?,25?,26-,27-,29+/m0/s1. The van der Waals surface area contributed by atoms with Gasteiger partial charge >= 0.3 is 6.03 Å². The molecule has 6 N–H and O–H groups in total. The molecule has 1 heterocycles. The molecule has 5 rings (SSSR count). The average molecular weight is 695 g/mol. The van der Waals surface area contributed by atoms with E-state index in [1.165, 1.54) is 4.90 Å². The molecule has 50 heavy (non-hydrogen) atoms. The number of Topliss-reactive ketones (excluding diaryl/α,β-unsaturated/α-hetero) is 1. The number of ketones is 1. The summed E-state index contributed by atoms with van der Waals surface area (Å²) in [7, 11) is 1.58. The number of rotatable bonds is 13. The van der Waals surface area contributed by atoms with E-state index in [0.29, 0.717) is 31.6 Å². The fourth-order valence-corrected chi connectivity index (χ4v) is 8.06. The fraction of sp³-hybridized carbons (Fsp3) is 0.676. The number of hydrogen-bond acceptors (Lipinski definition) is 7. The van der Waals surface area contributed by atoms with E-state index in [0.717, 1.165) is 37.7 Å². The highest BCUT2D eigenvalue weighted by Crippen LogP contribution is 2.65. The Labute approximate surface area is 294 Å². The number of primary amides is 1. The first-order valence-corrected chi connectivity index (χ1v) is 17.9. The summed E-state index contributed by atoms with van der Waals surface area (Å²) in [5.74, 6) is -2.34. The van der Waals surface area contributed by atoms with Crippen molar-refractivity contribution in [1.82, 2.24) is 26.2 Å². The summed E-state index contributed by atoms with van der Waals surface area (Å²) in [6, 6.07) is 3.79. The average Bonchev–Trinajstić information content (AvgIpc) is 3.92. The molecule has 3 aliphatic carbocycles. The molecule has 2 unspecified atom stereocenters. The monoisotopic (exact) mass is 694 g/mol. The molecule has 1 aromatic carbocycles. The highest BCUT2D eigenvalue weighted by Gasteiger charge is 2.70. The number of carbonyl (C=O) groups is 6. The van der Waals surface area contributed by atoms with Crippen molar-refractivity contribution >= 4 is 35.4 Å². The summed E-state index contributed by atoms with van der Waals surface area (Å²) >= 11 is 0. The van der Waals surface area contributed by atoms with E-state index in [-0.39, 0.29) is 35.6 Å². The second-order valence-electron chi connectivity index (χ2n) is 16.4. The summed E-state index contributed by atoms with van der Waals surface area (Å²) < 4.78 is 5.30. The van der Waals surface area contributed by atoms with Gasteiger partial charge in [0.15, 0.2) is 0 Å². The van der Waals surface area contributed by atoms with Gasteiger partial charge in [-0.2, -0.15) is 0 Å². The molecule has 4 fully saturated rings. The number of methoxy groups -OCH3 is 1. The van der Waals surface area contributed by atoms with Gasteiger partial charge in [-0.3, -0.25) is 24.0 Å². The number of nitrogens with two attached hydrogens (primary N) is 1. The Kier molecular flexibility index (Phi) is 10.6. The van der Waals surface area contributed by atoms with Gasteiger partial charge in [0.2, 0.25) is 23.5 Å². The highest BCUT2D eigenvalue weighted by molar-refractivity contribution is 6.37. The van der Waals surface area contributed by atoms with E-state index in [4.69, 9.17) is 10.5 Å². The highest BCUT2D eigenvalue weighted by atomic mass is 16.5. The van der Waals surface area contributed by atoms with Crippen LogP contribution in [0.4, 0.5) is 4.79 Å². The topological polar surface area (TPSA) is 189 Å². The minimum atomic E-state index is -1.15. The summed E-state index contributed by atoms with van der Waals surface area (Å²) in [4.78, 5) is 81.9. The number of piperidine rings is 1. The van der Waals surface area contributed by atoms with Crippen LogP contribution in [0.3, 0.4) is 0 Å². The Bertz CT molecular complexity index is 1510. The van der Waals surface area contributed by atoms with Crippen LogP contribution in [0, 0.1) is 28.6 Å². The number of hydrogen-bond donors (Lipinski definition) is 5. The lowest BCUT2D eigenvalue weighted by Crippen LogP contribution is -2.65. The maximum atomic E-state index is 14.4. The van der Waals surface area contributed by atoms with Crippen molar-refractivity contribution in [3.05, 3.63) is 29.8 Å². The molecule has 0 aromatic heterocycles. The van der Waals surface area contributed by atoms with Crippen LogP contribution < -0.4 is 31.7 Å². The molecular formula is C37H54N6O7. The molecular weight excluding hydrogens is 640 g/mol. The molecule has 0 radical (unpaired) electrons. The maximum Gasteiger partial charge on any atom is 0.316 e. The number of amides is 6. The van der Waals surface area contributed by atoms with Crippen LogP contribution >= 0.6 is 0 Å². The van der Waals surface area contributed by atoms with Crippen LogP contribution in [-0.4, -0.2) is 77.7 Å². The number of fused-ring (bicyclic) bond motifs is 1. The molecule has 0 bridgehead atoms. The summed E-state index contributed by atoms with van der Waals surface area (Å²) in [5.41, 5.74) is 4.06. The van der Waals surface area contributed by atoms with Crippen molar-refractivity contribution in [2.75, 3.05) is 13.7 Å². The van der Waals surface area contributed by atoms with Crippen LogP contribution in [-0.2, 0) is 30.5 Å². The minimum absolute atomic E-state index is 0.0594. The molecule has 1 aliphatic heterocycles. The van der Waals surface area contributed by atoms with Crippen molar-refractivity contribution in [2.24, 2.45) is 34.3 Å². The van der Waals surface area contributed by atoms with Gasteiger partial charge in [-0.1, -0.05) is 78.9 Å². The molecule has 13 heteroatoms. The van der Waals surface area contributed by atoms with E-state index in [2.05, 4.69) is 35.1 Å². The van der Waals surface area contributed by atoms with Gasteiger partial charge in [-0.25, -0.2) is 4.79 Å². The SMILES string of the molecule is COc1cccc(CNC(=O)C2(NC(=O)N[C@H](C(=O)N3CC4[C@@H]([C@H]3C(=O)NC(CC3CC3)C(=O)C(N)=O)C4(C)C)C(C)(C)C)CCCCC2)c1. The quantitative estimate of drug-likeness (QED) is 0.196. The van der Waals surface area contributed by atoms with Crippen molar-refractivity contribution in [3.8, 4) is 5.75 Å². The summed E-state index contributed by atoms with van der Waals surface area (Å²) in [6.07, 6.45) is 5.53. The van der Waals surface area contributed by atoms with Gasteiger partial charge in [-0.15, -0.1) is 0 Å². The van der Waals surface area contributed by atoms with E-state index < -0.39 is 58.6 Å². The third kappa shape index (κ3) is 7.91. The first-order chi connectivity index (χ1) is 23.5. The third-order valence-electron chi connectivity index (χ3n) is 11.4. The number of benzene rings is 1. The predicted molar refractivity (Wildman–Crippen MR) is 185 cm³/mol. The van der Waals surface area contributed by atoms with Crippen molar-refractivity contribution in [1.29, 1.82) is 0 Å². The number of nitrogens with zero attached hydrogens (tertiary/aromatic N) is 1. The Morgan fingerprint density at radius 3 is 2.30 bits per heavy atom. The molecule has 1 saturated heterocycles. The number of carbonyl (C=O) groups excluding carboxylic acids is 6. The molecule has 6 amide bonds. The van der Waals surface area contributed by atoms with Crippen LogP contribution in [0.5, 0.6) is 5.75 Å². The summed E-state index contributed by atoms with van der Waals surface area (Å²) in [5, 5.41) is 11.6. The molecule has 0 spiro atoms. The zero-order chi connectivity index (χ0) is 36.6. The third-order valence-corrected chi connectivity index (χ3v) is 11.4. The largest absolute Gasteiger partial charge is 0.497 e. The van der Waals surface area contributed by atoms with Gasteiger partial charge < -0.3 is 36.6 Å². The van der Waals surface area contributed by atoms with E-state index in [1.54, 1.807) is 7.11 Å². The number of ether oxygens (including phenoxy) is 1. The lowest BCUT2D eigenvalue weighted by Gasteiger charge is -2.40. The predicted octanol–water partition coefficient (Wildman–Crippen LogP) is 2.55. The summed E-state index contributed by atoms with van der Waals surface area (Å²) in [6.45, 7) is 10.2. The molecule has 274 valence electrons. The Balaban J connectivity index is 1.31. The van der Waals surface area contributed by atoms with Gasteiger partial charge in [0.1, 0.15) is 23.4 Å². The van der Waals surface area contributed by atoms with Gasteiger partial charge in [0, 0.05) is 13.1 Å². The molecule has 1 aromatic rings. The van der Waals surface area contributed by atoms with Gasteiger partial charge in [-0.05, 0) is 65.5 Å². The molecule has 3 saturated carbocycles. The Morgan fingerprint density at radius 2 is 1.70 bits per heavy atom. The molecule has 4 aliphatic rings. The van der Waals surface area contributed by atoms with Crippen molar-refractivity contribution < 1.29 is 33.5 Å². The van der Waals surface area contributed by atoms with Crippen LogP contribution in [0.1, 0.15) is 91.5 Å². The second kappa shape index (κ2) is 14.2. The van der Waals surface area contributed by atoms with Gasteiger partial charge in [0.05, 0.1) is 13.2 Å². The zero-order valence-corrected chi connectivity index (χ0v) is 30.2. The molecule has 5 atom stereocenters. The first kappa shape index (κ1) is 37.1. The lowest BCUT2D eigenvalue weighted by atomic mass is 9.80.